The van der Waals surface area contributed by atoms with E-state index >= 15 is 0 Å². The third-order valence-electron chi connectivity index (χ3n) is 3.91. The van der Waals surface area contributed by atoms with Gasteiger partial charge in [-0.05, 0) is 51.1 Å². The lowest BCUT2D eigenvalue weighted by Gasteiger charge is -2.31. The number of aliphatic hydroxyl groups excluding tert-OH is 1. The molecule has 0 amide bonds. The van der Waals surface area contributed by atoms with Gasteiger partial charge in [-0.2, -0.15) is 0 Å². The zero-order chi connectivity index (χ0) is 12.3. The topological polar surface area (TPSA) is 32.3 Å². The van der Waals surface area contributed by atoms with Gasteiger partial charge in [0.15, 0.2) is 0 Å². The van der Waals surface area contributed by atoms with Gasteiger partial charge < -0.3 is 10.4 Å². The Morgan fingerprint density at radius 1 is 1.35 bits per heavy atom. The van der Waals surface area contributed by atoms with Crippen LogP contribution in [0.15, 0.2) is 24.3 Å². The summed E-state index contributed by atoms with van der Waals surface area (Å²) in [6, 6.07) is 8.76. The molecule has 2 N–H and O–H groups in total. The van der Waals surface area contributed by atoms with Crippen LogP contribution in [0.4, 0.5) is 0 Å². The first-order valence-corrected chi connectivity index (χ1v) is 6.65. The van der Waals surface area contributed by atoms with Crippen LogP contribution >= 0.6 is 0 Å². The van der Waals surface area contributed by atoms with Gasteiger partial charge in [-0.3, -0.25) is 0 Å². The van der Waals surface area contributed by atoms with Crippen LogP contribution in [-0.2, 0) is 0 Å². The lowest BCUT2D eigenvalue weighted by atomic mass is 9.85. The van der Waals surface area contributed by atoms with Crippen molar-refractivity contribution in [1.29, 1.82) is 0 Å². The molecule has 1 saturated heterocycles. The van der Waals surface area contributed by atoms with Gasteiger partial charge in [0.1, 0.15) is 0 Å². The molecule has 0 aliphatic carbocycles. The first kappa shape index (κ1) is 12.6. The second-order valence-electron chi connectivity index (χ2n) is 5.31. The Kier molecular flexibility index (Phi) is 4.19. The van der Waals surface area contributed by atoms with Gasteiger partial charge in [-0.1, -0.05) is 29.8 Å². The standard InChI is InChI=1S/C15H23NO/c1-11-5-7-13(8-6-11)15(17)10-14-4-3-9-16-12(14)2/h5-8,12,14-17H,3-4,9-10H2,1-2H3. The molecular weight excluding hydrogens is 210 g/mol. The van der Waals surface area contributed by atoms with E-state index in [1.165, 1.54) is 18.4 Å². The average Bonchev–Trinajstić information content (AvgIpc) is 2.33. The Balaban J connectivity index is 1.95. The molecule has 0 bridgehead atoms. The van der Waals surface area contributed by atoms with Crippen LogP contribution in [-0.4, -0.2) is 17.7 Å². The summed E-state index contributed by atoms with van der Waals surface area (Å²) in [5, 5.41) is 13.7. The Bertz CT molecular complexity index is 346. The second kappa shape index (κ2) is 5.65. The van der Waals surface area contributed by atoms with Crippen LogP contribution in [0.1, 0.15) is 43.4 Å². The first-order chi connectivity index (χ1) is 8.16. The van der Waals surface area contributed by atoms with E-state index in [0.717, 1.165) is 18.5 Å². The van der Waals surface area contributed by atoms with Crippen molar-refractivity contribution in [3.8, 4) is 0 Å². The van der Waals surface area contributed by atoms with E-state index in [4.69, 9.17) is 0 Å². The monoisotopic (exact) mass is 233 g/mol. The van der Waals surface area contributed by atoms with Crippen molar-refractivity contribution in [3.05, 3.63) is 35.4 Å². The smallest absolute Gasteiger partial charge is 0.0793 e. The summed E-state index contributed by atoms with van der Waals surface area (Å²) in [4.78, 5) is 0. The summed E-state index contributed by atoms with van der Waals surface area (Å²) in [5.74, 6) is 0.597. The molecule has 1 heterocycles. The number of rotatable bonds is 3. The summed E-state index contributed by atoms with van der Waals surface area (Å²) in [5.41, 5.74) is 2.29. The van der Waals surface area contributed by atoms with E-state index < -0.39 is 0 Å². The van der Waals surface area contributed by atoms with Crippen LogP contribution in [0.2, 0.25) is 0 Å². The molecule has 1 aromatic carbocycles. The number of nitrogens with one attached hydrogen (secondary N) is 1. The third kappa shape index (κ3) is 3.30. The highest BCUT2D eigenvalue weighted by Gasteiger charge is 2.23. The van der Waals surface area contributed by atoms with E-state index in [2.05, 4.69) is 31.3 Å². The Morgan fingerprint density at radius 3 is 2.71 bits per heavy atom. The summed E-state index contributed by atoms with van der Waals surface area (Å²) < 4.78 is 0. The molecule has 2 heteroatoms. The molecule has 3 unspecified atom stereocenters. The Labute approximate surface area is 104 Å². The Hall–Kier alpha value is -0.860. The molecule has 2 nitrogen and oxygen atoms in total. The minimum Gasteiger partial charge on any atom is -0.388 e. The van der Waals surface area contributed by atoms with Crippen LogP contribution in [0, 0.1) is 12.8 Å². The molecule has 3 atom stereocenters. The van der Waals surface area contributed by atoms with Crippen LogP contribution in [0.5, 0.6) is 0 Å². The van der Waals surface area contributed by atoms with Crippen molar-refractivity contribution in [2.24, 2.45) is 5.92 Å². The van der Waals surface area contributed by atoms with Crippen LogP contribution in [0.3, 0.4) is 0 Å². The molecule has 1 aliphatic heterocycles. The Morgan fingerprint density at radius 2 is 2.06 bits per heavy atom. The number of piperidine rings is 1. The molecule has 0 aromatic heterocycles. The summed E-state index contributed by atoms with van der Waals surface area (Å²) in [6.07, 6.45) is 3.02. The maximum Gasteiger partial charge on any atom is 0.0793 e. The fourth-order valence-electron chi connectivity index (χ4n) is 2.64. The molecule has 0 saturated carbocycles. The minimum atomic E-state index is -0.317. The molecule has 94 valence electrons. The predicted octanol–water partition coefficient (Wildman–Crippen LogP) is 2.81. The van der Waals surface area contributed by atoms with Crippen LogP contribution < -0.4 is 5.32 Å². The number of hydrogen-bond acceptors (Lipinski definition) is 2. The fraction of sp³-hybridized carbons (Fsp3) is 0.600. The first-order valence-electron chi connectivity index (χ1n) is 6.65. The number of hydrogen-bond donors (Lipinski definition) is 2. The second-order valence-corrected chi connectivity index (χ2v) is 5.31. The van der Waals surface area contributed by atoms with Gasteiger partial charge in [0.25, 0.3) is 0 Å². The van der Waals surface area contributed by atoms with Crippen molar-refractivity contribution in [3.63, 3.8) is 0 Å². The lowest BCUT2D eigenvalue weighted by molar-refractivity contribution is 0.121. The SMILES string of the molecule is Cc1ccc(C(O)CC2CCCNC2C)cc1. The maximum atomic E-state index is 10.3. The van der Waals surface area contributed by atoms with Gasteiger partial charge in [0.05, 0.1) is 6.10 Å². The van der Waals surface area contributed by atoms with E-state index in [0.29, 0.717) is 12.0 Å². The summed E-state index contributed by atoms with van der Waals surface area (Å²) in [6.45, 7) is 5.42. The third-order valence-corrected chi connectivity index (χ3v) is 3.91. The quantitative estimate of drug-likeness (QED) is 0.841. The molecule has 1 aromatic rings. The number of aryl methyl sites for hydroxylation is 1. The molecule has 1 aliphatic rings. The maximum absolute atomic E-state index is 10.3. The number of aliphatic hydroxyl groups is 1. The zero-order valence-corrected chi connectivity index (χ0v) is 10.8. The molecule has 17 heavy (non-hydrogen) atoms. The normalized spacial score (nSPS) is 26.8. The highest BCUT2D eigenvalue weighted by Crippen LogP contribution is 2.28. The minimum absolute atomic E-state index is 0.317. The molecule has 1 fully saturated rings. The summed E-state index contributed by atoms with van der Waals surface area (Å²) >= 11 is 0. The summed E-state index contributed by atoms with van der Waals surface area (Å²) in [7, 11) is 0. The van der Waals surface area contributed by atoms with Gasteiger partial charge in [0.2, 0.25) is 0 Å². The largest absolute Gasteiger partial charge is 0.388 e. The number of benzene rings is 1. The average molecular weight is 233 g/mol. The fourth-order valence-corrected chi connectivity index (χ4v) is 2.64. The van der Waals surface area contributed by atoms with Gasteiger partial charge >= 0.3 is 0 Å². The van der Waals surface area contributed by atoms with E-state index in [9.17, 15) is 5.11 Å². The van der Waals surface area contributed by atoms with E-state index in [-0.39, 0.29) is 6.10 Å². The molecular formula is C15H23NO. The van der Waals surface area contributed by atoms with E-state index in [1.807, 2.05) is 12.1 Å². The zero-order valence-electron chi connectivity index (χ0n) is 10.8. The lowest BCUT2D eigenvalue weighted by Crippen LogP contribution is -2.39. The van der Waals surface area contributed by atoms with Crippen molar-refractivity contribution >= 4 is 0 Å². The van der Waals surface area contributed by atoms with Crippen molar-refractivity contribution < 1.29 is 5.11 Å². The molecule has 2 rings (SSSR count). The van der Waals surface area contributed by atoms with Crippen LogP contribution in [0.25, 0.3) is 0 Å². The van der Waals surface area contributed by atoms with Crippen molar-refractivity contribution in [2.45, 2.75) is 45.3 Å². The van der Waals surface area contributed by atoms with Gasteiger partial charge in [0, 0.05) is 6.04 Å². The van der Waals surface area contributed by atoms with E-state index in [1.54, 1.807) is 0 Å². The highest BCUT2D eigenvalue weighted by molar-refractivity contribution is 5.23. The highest BCUT2D eigenvalue weighted by atomic mass is 16.3. The molecule has 0 spiro atoms. The molecule has 0 radical (unpaired) electrons. The van der Waals surface area contributed by atoms with Crippen molar-refractivity contribution in [2.75, 3.05) is 6.54 Å². The van der Waals surface area contributed by atoms with Gasteiger partial charge in [-0.15, -0.1) is 0 Å². The van der Waals surface area contributed by atoms with Gasteiger partial charge in [-0.25, -0.2) is 0 Å². The van der Waals surface area contributed by atoms with Crippen molar-refractivity contribution in [1.82, 2.24) is 5.32 Å². The predicted molar refractivity (Wildman–Crippen MR) is 70.9 cm³/mol.